The monoisotopic (exact) mass is 484 g/mol. The van der Waals surface area contributed by atoms with Gasteiger partial charge < -0.3 is 9.72 Å². The molecule has 3 N–H and O–H groups in total. The maximum absolute atomic E-state index is 13.3. The summed E-state index contributed by atoms with van der Waals surface area (Å²) < 4.78 is 5.38. The highest BCUT2D eigenvalue weighted by molar-refractivity contribution is 6.05. The third-order valence-electron chi connectivity index (χ3n) is 6.01. The summed E-state index contributed by atoms with van der Waals surface area (Å²) in [6.07, 6.45) is 3.33. The van der Waals surface area contributed by atoms with Crippen LogP contribution in [0, 0.1) is 13.8 Å². The molecule has 186 valence electrons. The maximum Gasteiger partial charge on any atom is 0.234 e. The smallest absolute Gasteiger partial charge is 0.234 e. The molecule has 1 atom stereocenters. The first-order valence-corrected chi connectivity index (χ1v) is 12.1. The Bertz CT molecular complexity index is 1340. The number of hydrogen-bond acceptors (Lipinski definition) is 5. The minimum absolute atomic E-state index is 0.129. The maximum atomic E-state index is 13.3. The fraction of sp³-hybridized carbons (Fsp3) is 0.286. The number of methoxy groups -OCH3 is 1. The lowest BCUT2D eigenvalue weighted by atomic mass is 9.96. The average Bonchev–Trinajstić information content (AvgIpc) is 3.26. The molecular formula is C28H32N6O2. The fourth-order valence-electron chi connectivity index (χ4n) is 4.24. The van der Waals surface area contributed by atoms with Gasteiger partial charge in [0.2, 0.25) is 17.8 Å². The number of amides is 1. The van der Waals surface area contributed by atoms with Crippen molar-refractivity contribution in [2.45, 2.75) is 39.5 Å². The van der Waals surface area contributed by atoms with E-state index in [9.17, 15) is 4.79 Å². The van der Waals surface area contributed by atoms with E-state index in [0.717, 1.165) is 39.2 Å². The molecule has 4 rings (SSSR count). The number of anilines is 1. The van der Waals surface area contributed by atoms with Crippen LogP contribution in [0.15, 0.2) is 65.8 Å². The van der Waals surface area contributed by atoms with E-state index in [2.05, 4.69) is 25.6 Å². The molecule has 4 aromatic rings. The molecule has 2 aromatic heterocycles. The van der Waals surface area contributed by atoms with Crippen molar-refractivity contribution in [1.82, 2.24) is 20.3 Å². The second kappa shape index (κ2) is 11.5. The number of fused-ring (bicyclic) bond motifs is 1. The van der Waals surface area contributed by atoms with Crippen molar-refractivity contribution < 1.29 is 9.53 Å². The Morgan fingerprint density at radius 3 is 2.53 bits per heavy atom. The summed E-state index contributed by atoms with van der Waals surface area (Å²) in [4.78, 5) is 30.1. The summed E-state index contributed by atoms with van der Waals surface area (Å²) in [6.45, 7) is 6.27. The van der Waals surface area contributed by atoms with E-state index in [1.807, 2.05) is 81.6 Å². The van der Waals surface area contributed by atoms with Gasteiger partial charge in [-0.2, -0.15) is 0 Å². The number of nitrogens with zero attached hydrogens (tertiary/aromatic N) is 3. The number of hydrogen-bond donors (Lipinski definition) is 3. The summed E-state index contributed by atoms with van der Waals surface area (Å²) in [5.41, 5.74) is 4.79. The van der Waals surface area contributed by atoms with Crippen molar-refractivity contribution in [3.05, 3.63) is 83.3 Å². The molecule has 0 bridgehead atoms. The Balaban J connectivity index is 1.56. The number of nitrogens with one attached hydrogen (secondary N) is 3. The van der Waals surface area contributed by atoms with Crippen molar-refractivity contribution in [3.8, 4) is 5.75 Å². The van der Waals surface area contributed by atoms with Crippen LogP contribution in [0.4, 0.5) is 5.95 Å². The van der Waals surface area contributed by atoms with E-state index in [1.165, 1.54) is 0 Å². The molecule has 0 spiro atoms. The Morgan fingerprint density at radius 2 is 1.83 bits per heavy atom. The fourth-order valence-corrected chi connectivity index (χ4v) is 4.24. The number of benzene rings is 2. The highest BCUT2D eigenvalue weighted by atomic mass is 16.5. The summed E-state index contributed by atoms with van der Waals surface area (Å²) in [5, 5.41) is 7.20. The van der Waals surface area contributed by atoms with Gasteiger partial charge in [0.1, 0.15) is 5.75 Å². The van der Waals surface area contributed by atoms with E-state index in [4.69, 9.17) is 9.73 Å². The molecule has 1 amide bonds. The topological polar surface area (TPSA) is 104 Å². The summed E-state index contributed by atoms with van der Waals surface area (Å²) in [7, 11) is 1.66. The van der Waals surface area contributed by atoms with E-state index in [-0.39, 0.29) is 11.8 Å². The first kappa shape index (κ1) is 24.9. The van der Waals surface area contributed by atoms with E-state index >= 15 is 0 Å². The molecule has 8 nitrogen and oxygen atoms in total. The number of carbonyl (C=O) groups is 1. The van der Waals surface area contributed by atoms with Gasteiger partial charge in [-0.05, 0) is 62.1 Å². The van der Waals surface area contributed by atoms with E-state index in [0.29, 0.717) is 31.3 Å². The SMILES string of the molecule is CC[C@H](C(=O)NC(=NCCc1c[nH]c2ccc(OC)cc12)Nc1nc(C)cc(C)n1)c1ccccc1. The molecule has 0 aliphatic heterocycles. The van der Waals surface area contributed by atoms with Crippen LogP contribution in [0.3, 0.4) is 0 Å². The molecule has 0 radical (unpaired) electrons. The molecule has 0 saturated heterocycles. The van der Waals surface area contributed by atoms with Gasteiger partial charge in [0.15, 0.2) is 0 Å². The van der Waals surface area contributed by atoms with Gasteiger partial charge in [0, 0.05) is 35.0 Å². The van der Waals surface area contributed by atoms with Gasteiger partial charge in [0.05, 0.1) is 13.0 Å². The number of guanidine groups is 1. The molecule has 0 unspecified atom stereocenters. The predicted molar refractivity (Wildman–Crippen MR) is 144 cm³/mol. The number of carbonyl (C=O) groups excluding carboxylic acids is 1. The average molecular weight is 485 g/mol. The number of ether oxygens (including phenoxy) is 1. The predicted octanol–water partition coefficient (Wildman–Crippen LogP) is 4.90. The highest BCUT2D eigenvalue weighted by Gasteiger charge is 2.20. The zero-order valence-electron chi connectivity index (χ0n) is 21.1. The zero-order valence-corrected chi connectivity index (χ0v) is 21.1. The van der Waals surface area contributed by atoms with Crippen molar-refractivity contribution >= 4 is 28.7 Å². The standard InChI is InChI=1S/C28H32N6O2/c1-5-23(20-9-7-6-8-10-20)26(35)33-27(34-28-31-18(2)15-19(3)32-28)29-14-13-21-17-30-25-12-11-22(36-4)16-24(21)25/h6-12,15-17,23,30H,5,13-14H2,1-4H3,(H2,29,31,32,33,34,35)/t23-/m0/s1. The van der Waals surface area contributed by atoms with Crippen LogP contribution in [-0.4, -0.2) is 40.5 Å². The van der Waals surface area contributed by atoms with Crippen LogP contribution in [0.1, 0.15) is 41.8 Å². The minimum atomic E-state index is -0.292. The van der Waals surface area contributed by atoms with Crippen molar-refractivity contribution in [2.24, 2.45) is 4.99 Å². The first-order chi connectivity index (χ1) is 17.5. The number of rotatable bonds is 8. The second-order valence-corrected chi connectivity index (χ2v) is 8.67. The third kappa shape index (κ3) is 6.07. The number of aromatic nitrogens is 3. The van der Waals surface area contributed by atoms with Gasteiger partial charge in [-0.1, -0.05) is 37.3 Å². The summed E-state index contributed by atoms with van der Waals surface area (Å²) in [5.74, 6) is 1.11. The van der Waals surface area contributed by atoms with Crippen LogP contribution in [0.2, 0.25) is 0 Å². The highest BCUT2D eigenvalue weighted by Crippen LogP contribution is 2.24. The zero-order chi connectivity index (χ0) is 25.5. The Kier molecular flexibility index (Phi) is 7.95. The van der Waals surface area contributed by atoms with Gasteiger partial charge in [-0.25, -0.2) is 9.97 Å². The van der Waals surface area contributed by atoms with Crippen molar-refractivity contribution in [1.29, 1.82) is 0 Å². The van der Waals surface area contributed by atoms with Crippen molar-refractivity contribution in [3.63, 3.8) is 0 Å². The van der Waals surface area contributed by atoms with Gasteiger partial charge >= 0.3 is 0 Å². The van der Waals surface area contributed by atoms with Crippen LogP contribution in [-0.2, 0) is 11.2 Å². The molecule has 2 heterocycles. The Labute approximate surface area is 211 Å². The molecule has 36 heavy (non-hydrogen) atoms. The molecule has 0 fully saturated rings. The number of aliphatic imine (C=N–C) groups is 1. The lowest BCUT2D eigenvalue weighted by Crippen LogP contribution is -2.39. The summed E-state index contributed by atoms with van der Waals surface area (Å²) in [6, 6.07) is 17.6. The van der Waals surface area contributed by atoms with Crippen LogP contribution in [0.5, 0.6) is 5.75 Å². The molecule has 8 heteroatoms. The number of aromatic amines is 1. The van der Waals surface area contributed by atoms with Crippen LogP contribution < -0.4 is 15.4 Å². The Morgan fingerprint density at radius 1 is 1.08 bits per heavy atom. The normalized spacial score (nSPS) is 12.4. The molecule has 0 aliphatic rings. The number of aryl methyl sites for hydroxylation is 2. The quantitative estimate of drug-likeness (QED) is 0.244. The van der Waals surface area contributed by atoms with Crippen molar-refractivity contribution in [2.75, 3.05) is 19.0 Å². The lowest BCUT2D eigenvalue weighted by Gasteiger charge is -2.17. The van der Waals surface area contributed by atoms with Crippen LogP contribution in [0.25, 0.3) is 10.9 Å². The van der Waals surface area contributed by atoms with Crippen LogP contribution >= 0.6 is 0 Å². The molecule has 2 aromatic carbocycles. The minimum Gasteiger partial charge on any atom is -0.497 e. The van der Waals surface area contributed by atoms with Gasteiger partial charge in [-0.3, -0.25) is 20.4 Å². The molecular weight excluding hydrogens is 452 g/mol. The third-order valence-corrected chi connectivity index (χ3v) is 6.01. The summed E-state index contributed by atoms with van der Waals surface area (Å²) >= 11 is 0. The lowest BCUT2D eigenvalue weighted by molar-refractivity contribution is -0.121. The van der Waals surface area contributed by atoms with Gasteiger partial charge in [-0.15, -0.1) is 0 Å². The first-order valence-electron chi connectivity index (χ1n) is 12.1. The second-order valence-electron chi connectivity index (χ2n) is 8.67. The molecule has 0 aliphatic carbocycles. The Hall–Kier alpha value is -4.20. The van der Waals surface area contributed by atoms with E-state index < -0.39 is 0 Å². The van der Waals surface area contributed by atoms with Gasteiger partial charge in [0.25, 0.3) is 0 Å². The van der Waals surface area contributed by atoms with E-state index in [1.54, 1.807) is 7.11 Å². The molecule has 0 saturated carbocycles. The number of H-pyrrole nitrogens is 1. The largest absolute Gasteiger partial charge is 0.497 e.